The molecule has 0 saturated heterocycles. The van der Waals surface area contributed by atoms with Gasteiger partial charge in [-0.15, -0.1) is 0 Å². The Balaban J connectivity index is 1.87. The highest BCUT2D eigenvalue weighted by Crippen LogP contribution is 2.56. The normalized spacial score (nSPS) is 22.1. The van der Waals surface area contributed by atoms with E-state index in [2.05, 4.69) is 11.1 Å². The Morgan fingerprint density at radius 1 is 1.21 bits per heavy atom. The number of para-hydroxylation sites is 1. The summed E-state index contributed by atoms with van der Waals surface area (Å²) in [5, 5.41) is 10.8. The van der Waals surface area contributed by atoms with Gasteiger partial charge < -0.3 is 10.6 Å². The number of rotatable bonds is 3. The Labute approximate surface area is 196 Å². The lowest BCUT2D eigenvalue weighted by Crippen LogP contribution is -2.52. The first kappa shape index (κ1) is 21.2. The van der Waals surface area contributed by atoms with Gasteiger partial charge in [-0.3, -0.25) is 14.5 Å². The van der Waals surface area contributed by atoms with Crippen LogP contribution >= 0.6 is 11.6 Å². The zero-order valence-corrected chi connectivity index (χ0v) is 18.9. The SMILES string of the molecule is CCCN1C(=O)[C@]2(C(C#N)=C(N)N(c3ccc(Cl)cn3)C3=C2C(=O)CCC3)c2ccccc21. The quantitative estimate of drug-likeness (QED) is 0.745. The number of aromatic nitrogens is 1. The summed E-state index contributed by atoms with van der Waals surface area (Å²) in [4.78, 5) is 35.4. The fourth-order valence-electron chi connectivity index (χ4n) is 5.34. The predicted molar refractivity (Wildman–Crippen MR) is 125 cm³/mol. The molecule has 0 unspecified atom stereocenters. The number of hydrogen-bond donors (Lipinski definition) is 1. The Bertz CT molecular complexity index is 1290. The van der Waals surface area contributed by atoms with Gasteiger partial charge in [-0.25, -0.2) is 4.98 Å². The molecule has 166 valence electrons. The van der Waals surface area contributed by atoms with Gasteiger partial charge in [0, 0.05) is 41.7 Å². The molecule has 2 aliphatic heterocycles. The standard InChI is InChI=1S/C25H22ClN5O2/c1-2-12-30-18-7-4-3-6-16(18)25(24(30)33)17(13-27)23(28)31(21-11-10-15(26)14-29-21)19-8-5-9-20(32)22(19)25/h3-4,6-7,10-11,14H,2,5,8-9,12,28H2,1H3/t25-/m0/s1. The van der Waals surface area contributed by atoms with Gasteiger partial charge in [0.15, 0.2) is 5.78 Å². The summed E-state index contributed by atoms with van der Waals surface area (Å²) < 4.78 is 0. The van der Waals surface area contributed by atoms with Crippen LogP contribution in [0.5, 0.6) is 0 Å². The molecule has 1 spiro atoms. The zero-order valence-electron chi connectivity index (χ0n) is 18.1. The molecular weight excluding hydrogens is 438 g/mol. The van der Waals surface area contributed by atoms with Crippen molar-refractivity contribution in [2.75, 3.05) is 16.3 Å². The molecule has 1 amide bonds. The average Bonchev–Trinajstić information content (AvgIpc) is 3.05. The third-order valence-electron chi connectivity index (χ3n) is 6.57. The molecule has 0 bridgehead atoms. The number of benzene rings is 1. The molecule has 0 radical (unpaired) electrons. The number of nitrogens with zero attached hydrogens (tertiary/aromatic N) is 4. The van der Waals surface area contributed by atoms with Gasteiger partial charge in [-0.05, 0) is 37.5 Å². The van der Waals surface area contributed by atoms with Crippen molar-refractivity contribution in [3.8, 4) is 6.07 Å². The van der Waals surface area contributed by atoms with Crippen LogP contribution in [-0.4, -0.2) is 23.2 Å². The number of allylic oxidation sites excluding steroid dienone is 1. The van der Waals surface area contributed by atoms with Crippen LogP contribution in [0.4, 0.5) is 11.5 Å². The molecule has 7 nitrogen and oxygen atoms in total. The van der Waals surface area contributed by atoms with Gasteiger partial charge in [0.2, 0.25) is 5.91 Å². The minimum absolute atomic E-state index is 0.0595. The van der Waals surface area contributed by atoms with Gasteiger partial charge in [-0.2, -0.15) is 5.26 Å². The molecule has 3 aliphatic rings. The van der Waals surface area contributed by atoms with Gasteiger partial charge in [0.05, 0.1) is 10.6 Å². The number of amides is 1. The minimum Gasteiger partial charge on any atom is -0.384 e. The number of pyridine rings is 1. The first-order valence-corrected chi connectivity index (χ1v) is 11.3. The van der Waals surface area contributed by atoms with Crippen molar-refractivity contribution in [1.82, 2.24) is 4.98 Å². The van der Waals surface area contributed by atoms with Crippen LogP contribution in [0.3, 0.4) is 0 Å². The number of halogens is 1. The summed E-state index contributed by atoms with van der Waals surface area (Å²) in [7, 11) is 0. The zero-order chi connectivity index (χ0) is 23.3. The highest BCUT2D eigenvalue weighted by molar-refractivity contribution is 6.30. The largest absolute Gasteiger partial charge is 0.384 e. The fourth-order valence-corrected chi connectivity index (χ4v) is 5.45. The van der Waals surface area contributed by atoms with Crippen LogP contribution in [0.1, 0.15) is 38.2 Å². The second kappa shape index (κ2) is 7.75. The molecule has 1 aliphatic carbocycles. The number of anilines is 2. The highest BCUT2D eigenvalue weighted by Gasteiger charge is 2.62. The minimum atomic E-state index is -1.54. The number of Topliss-reactive ketones (excluding diaryl/α,β-unsaturated/α-hetero) is 1. The van der Waals surface area contributed by atoms with Gasteiger partial charge >= 0.3 is 0 Å². The van der Waals surface area contributed by atoms with E-state index in [1.165, 1.54) is 6.20 Å². The summed E-state index contributed by atoms with van der Waals surface area (Å²) in [6, 6.07) is 13.0. The lowest BCUT2D eigenvalue weighted by Gasteiger charge is -2.43. The van der Waals surface area contributed by atoms with Crippen LogP contribution in [0, 0.1) is 11.3 Å². The predicted octanol–water partition coefficient (Wildman–Crippen LogP) is 3.95. The molecule has 0 saturated carbocycles. The van der Waals surface area contributed by atoms with Crippen LogP contribution in [0.25, 0.3) is 0 Å². The van der Waals surface area contributed by atoms with Crippen molar-refractivity contribution in [2.24, 2.45) is 5.73 Å². The number of fused-ring (bicyclic) bond motifs is 3. The van der Waals surface area contributed by atoms with Crippen molar-refractivity contribution in [3.05, 3.63) is 75.8 Å². The topological polar surface area (TPSA) is 103 Å². The third kappa shape index (κ3) is 2.77. The maximum atomic E-state index is 14.2. The summed E-state index contributed by atoms with van der Waals surface area (Å²) in [6.07, 6.45) is 3.70. The van der Waals surface area contributed by atoms with Crippen LogP contribution in [-0.2, 0) is 15.0 Å². The van der Waals surface area contributed by atoms with Crippen LogP contribution in [0.15, 0.2) is 65.3 Å². The van der Waals surface area contributed by atoms with E-state index in [0.717, 1.165) is 6.42 Å². The molecule has 3 heterocycles. The number of nitriles is 1. The van der Waals surface area contributed by atoms with Gasteiger partial charge in [-0.1, -0.05) is 36.7 Å². The second-order valence-electron chi connectivity index (χ2n) is 8.36. The second-order valence-corrected chi connectivity index (χ2v) is 8.80. The molecule has 33 heavy (non-hydrogen) atoms. The van der Waals surface area contributed by atoms with E-state index in [0.29, 0.717) is 59.2 Å². The Morgan fingerprint density at radius 3 is 2.70 bits per heavy atom. The number of hydrogen-bond acceptors (Lipinski definition) is 6. The van der Waals surface area contributed by atoms with Gasteiger partial charge in [0.1, 0.15) is 23.1 Å². The first-order valence-electron chi connectivity index (χ1n) is 11.0. The summed E-state index contributed by atoms with van der Waals surface area (Å²) in [5.41, 5.74) is 7.48. The molecule has 1 aromatic heterocycles. The summed E-state index contributed by atoms with van der Waals surface area (Å²) in [5.74, 6) is 0.126. The molecule has 5 rings (SSSR count). The first-order chi connectivity index (χ1) is 16.0. The van der Waals surface area contributed by atoms with E-state index in [1.807, 2.05) is 31.2 Å². The molecule has 2 N–H and O–H groups in total. The molecule has 1 atom stereocenters. The molecule has 0 fully saturated rings. The molecule has 1 aromatic carbocycles. The van der Waals surface area contributed by atoms with Crippen molar-refractivity contribution in [2.45, 2.75) is 38.0 Å². The lowest BCUT2D eigenvalue weighted by atomic mass is 9.64. The highest BCUT2D eigenvalue weighted by atomic mass is 35.5. The molecular formula is C25H22ClN5O2. The van der Waals surface area contributed by atoms with E-state index < -0.39 is 5.41 Å². The Hall–Kier alpha value is -3.63. The average molecular weight is 460 g/mol. The van der Waals surface area contributed by atoms with Crippen molar-refractivity contribution < 1.29 is 9.59 Å². The maximum Gasteiger partial charge on any atom is 0.247 e. The maximum absolute atomic E-state index is 14.2. The Kier molecular flexibility index (Phi) is 4.98. The van der Waals surface area contributed by atoms with E-state index in [-0.39, 0.29) is 23.1 Å². The summed E-state index contributed by atoms with van der Waals surface area (Å²) >= 11 is 6.03. The van der Waals surface area contributed by atoms with E-state index >= 15 is 0 Å². The van der Waals surface area contributed by atoms with Crippen LogP contribution < -0.4 is 15.5 Å². The number of carbonyl (C=O) groups is 2. The van der Waals surface area contributed by atoms with E-state index in [9.17, 15) is 14.9 Å². The Morgan fingerprint density at radius 2 is 2.00 bits per heavy atom. The number of carbonyl (C=O) groups excluding carboxylic acids is 2. The molecule has 8 heteroatoms. The number of nitrogens with two attached hydrogens (primary N) is 1. The number of ketones is 1. The van der Waals surface area contributed by atoms with E-state index in [4.69, 9.17) is 17.3 Å². The molecule has 2 aromatic rings. The van der Waals surface area contributed by atoms with Crippen LogP contribution in [0.2, 0.25) is 5.02 Å². The van der Waals surface area contributed by atoms with Crippen molar-refractivity contribution >= 4 is 34.8 Å². The third-order valence-corrected chi connectivity index (χ3v) is 6.79. The fraction of sp³-hybridized carbons (Fsp3) is 0.280. The smallest absolute Gasteiger partial charge is 0.247 e. The van der Waals surface area contributed by atoms with Crippen molar-refractivity contribution in [3.63, 3.8) is 0 Å². The summed E-state index contributed by atoms with van der Waals surface area (Å²) in [6.45, 7) is 2.47. The van der Waals surface area contributed by atoms with Gasteiger partial charge in [0.25, 0.3) is 0 Å². The van der Waals surface area contributed by atoms with E-state index in [1.54, 1.807) is 21.9 Å². The lowest BCUT2D eigenvalue weighted by molar-refractivity contribution is -0.124. The monoisotopic (exact) mass is 459 g/mol. The van der Waals surface area contributed by atoms with Crippen molar-refractivity contribution in [1.29, 1.82) is 5.26 Å².